The Morgan fingerprint density at radius 3 is 2.53 bits per heavy atom. The average Bonchev–Trinajstić information content (AvgIpc) is 3.31. The quantitative estimate of drug-likeness (QED) is 0.460. The minimum Gasteiger partial charge on any atom is -0.494 e. The zero-order valence-corrected chi connectivity index (χ0v) is 20.7. The molecule has 0 aliphatic carbocycles. The van der Waals surface area contributed by atoms with Crippen LogP contribution in [-0.4, -0.2) is 66.2 Å². The monoisotopic (exact) mass is 500 g/mol. The summed E-state index contributed by atoms with van der Waals surface area (Å²) in [5, 5.41) is 7.48. The Morgan fingerprint density at radius 2 is 1.82 bits per heavy atom. The Hall–Kier alpha value is -2.88. The van der Waals surface area contributed by atoms with Gasteiger partial charge in [0, 0.05) is 67.9 Å². The number of piperazine rings is 1. The van der Waals surface area contributed by atoms with Crippen molar-refractivity contribution in [3.63, 3.8) is 0 Å². The summed E-state index contributed by atoms with van der Waals surface area (Å²) in [6.07, 6.45) is 0.706. The van der Waals surface area contributed by atoms with Gasteiger partial charge in [-0.25, -0.2) is 9.78 Å². The van der Waals surface area contributed by atoms with Crippen molar-refractivity contribution in [1.82, 2.24) is 19.6 Å². The third kappa shape index (κ3) is 7.06. The molecule has 0 bridgehead atoms. The van der Waals surface area contributed by atoms with Crippen LogP contribution in [-0.2, 0) is 6.42 Å². The van der Waals surface area contributed by atoms with Gasteiger partial charge in [-0.15, -0.1) is 0 Å². The van der Waals surface area contributed by atoms with E-state index in [1.54, 1.807) is 0 Å². The van der Waals surface area contributed by atoms with E-state index in [0.29, 0.717) is 19.6 Å². The number of halogens is 1. The maximum atomic E-state index is 12.2. The number of aromatic nitrogens is 2. The molecule has 2 aromatic carbocycles. The second kappa shape index (κ2) is 12.0. The fraction of sp³-hybridized carbons (Fsp3) is 0.375. The fourth-order valence-electron chi connectivity index (χ4n) is 3.70. The van der Waals surface area contributed by atoms with Crippen molar-refractivity contribution < 1.29 is 9.53 Å². The van der Waals surface area contributed by atoms with E-state index in [9.17, 15) is 4.79 Å². The van der Waals surface area contributed by atoms with E-state index in [-0.39, 0.29) is 6.03 Å². The third-order valence-electron chi connectivity index (χ3n) is 5.51. The Bertz CT molecular complexity index is 1050. The van der Waals surface area contributed by atoms with E-state index in [0.717, 1.165) is 65.7 Å². The molecule has 180 valence electrons. The lowest BCUT2D eigenvalue weighted by Crippen LogP contribution is -2.48. The fourth-order valence-corrected chi connectivity index (χ4v) is 4.56. The van der Waals surface area contributed by atoms with Crippen LogP contribution in [0.2, 0.25) is 5.02 Å². The molecule has 0 unspecified atom stereocenters. The van der Waals surface area contributed by atoms with Crippen molar-refractivity contribution in [1.29, 1.82) is 0 Å². The highest BCUT2D eigenvalue weighted by Crippen LogP contribution is 2.21. The van der Waals surface area contributed by atoms with Gasteiger partial charge in [-0.2, -0.15) is 4.37 Å². The molecular formula is C24H29ClN6O2S. The van der Waals surface area contributed by atoms with Gasteiger partial charge in [-0.1, -0.05) is 23.7 Å². The molecule has 2 amide bonds. The lowest BCUT2D eigenvalue weighted by Gasteiger charge is -2.34. The first-order chi connectivity index (χ1) is 16.6. The van der Waals surface area contributed by atoms with Crippen molar-refractivity contribution in [2.75, 3.05) is 56.1 Å². The van der Waals surface area contributed by atoms with Crippen molar-refractivity contribution in [2.24, 2.45) is 0 Å². The molecule has 8 nitrogen and oxygen atoms in total. The molecule has 1 saturated heterocycles. The molecule has 1 aliphatic rings. The third-order valence-corrected chi connectivity index (χ3v) is 6.58. The number of benzene rings is 2. The van der Waals surface area contributed by atoms with Crippen LogP contribution in [0.1, 0.15) is 18.3 Å². The first-order valence-electron chi connectivity index (χ1n) is 11.4. The largest absolute Gasteiger partial charge is 0.494 e. The second-order valence-corrected chi connectivity index (χ2v) is 9.13. The number of nitrogens with one attached hydrogen (secondary N) is 2. The Labute approximate surface area is 209 Å². The van der Waals surface area contributed by atoms with Gasteiger partial charge in [0.15, 0.2) is 0 Å². The number of anilines is 2. The number of amides is 2. The minimum atomic E-state index is -0.204. The molecule has 4 rings (SSSR count). The van der Waals surface area contributed by atoms with Crippen LogP contribution in [0.5, 0.6) is 5.75 Å². The maximum absolute atomic E-state index is 12.2. The minimum absolute atomic E-state index is 0.204. The highest BCUT2D eigenvalue weighted by molar-refractivity contribution is 7.09. The van der Waals surface area contributed by atoms with Crippen LogP contribution in [0.4, 0.5) is 15.6 Å². The molecule has 1 aliphatic heterocycles. The van der Waals surface area contributed by atoms with Crippen molar-refractivity contribution >= 4 is 40.0 Å². The molecule has 3 aromatic rings. The number of urea groups is 1. The van der Waals surface area contributed by atoms with Crippen LogP contribution < -0.4 is 20.3 Å². The summed E-state index contributed by atoms with van der Waals surface area (Å²) < 4.78 is 9.94. The van der Waals surface area contributed by atoms with Gasteiger partial charge in [-0.05, 0) is 48.9 Å². The predicted octanol–water partition coefficient (Wildman–Crippen LogP) is 4.12. The molecular weight excluding hydrogens is 472 g/mol. The lowest BCUT2D eigenvalue weighted by atomic mass is 10.1. The summed E-state index contributed by atoms with van der Waals surface area (Å²) >= 11 is 7.41. The second-order valence-electron chi connectivity index (χ2n) is 7.96. The van der Waals surface area contributed by atoms with Gasteiger partial charge < -0.3 is 20.3 Å². The standard InChI is InChI=1S/C24H29ClN6O2S/c1-2-33-21-9-7-20(8-10-21)27-23(32)26-11-12-30-13-15-31(16-14-30)24-28-22(29-34-24)17-18-3-5-19(25)6-4-18/h3-10H,2,11-17H2,1H3,(H2,26,27,32). The summed E-state index contributed by atoms with van der Waals surface area (Å²) in [5.41, 5.74) is 1.89. The Kier molecular flexibility index (Phi) is 8.56. The highest BCUT2D eigenvalue weighted by atomic mass is 35.5. The number of carbonyl (C=O) groups excluding carboxylic acids is 1. The molecule has 1 fully saturated rings. The van der Waals surface area contributed by atoms with Gasteiger partial charge in [0.1, 0.15) is 11.6 Å². The van der Waals surface area contributed by atoms with E-state index in [1.165, 1.54) is 11.5 Å². The van der Waals surface area contributed by atoms with Crippen molar-refractivity contribution in [3.8, 4) is 5.75 Å². The van der Waals surface area contributed by atoms with Gasteiger partial charge in [-0.3, -0.25) is 4.90 Å². The molecule has 0 radical (unpaired) electrons. The summed E-state index contributed by atoms with van der Waals surface area (Å²) in [5.74, 6) is 1.63. The molecule has 0 spiro atoms. The normalized spacial score (nSPS) is 14.1. The average molecular weight is 501 g/mol. The number of hydrogen-bond acceptors (Lipinski definition) is 7. The van der Waals surface area contributed by atoms with Gasteiger partial charge in [0.05, 0.1) is 6.61 Å². The summed E-state index contributed by atoms with van der Waals surface area (Å²) in [4.78, 5) is 21.5. The number of hydrogen-bond donors (Lipinski definition) is 2. The Balaban J connectivity index is 1.15. The van der Waals surface area contributed by atoms with Crippen molar-refractivity contribution in [3.05, 3.63) is 64.9 Å². The first-order valence-corrected chi connectivity index (χ1v) is 12.6. The smallest absolute Gasteiger partial charge is 0.319 e. The van der Waals surface area contributed by atoms with Gasteiger partial charge in [0.2, 0.25) is 5.13 Å². The van der Waals surface area contributed by atoms with E-state index in [1.807, 2.05) is 55.5 Å². The van der Waals surface area contributed by atoms with Crippen LogP contribution in [0.15, 0.2) is 48.5 Å². The molecule has 0 atom stereocenters. The predicted molar refractivity (Wildman–Crippen MR) is 137 cm³/mol. The molecule has 10 heteroatoms. The molecule has 34 heavy (non-hydrogen) atoms. The molecule has 2 N–H and O–H groups in total. The van der Waals surface area contributed by atoms with E-state index in [4.69, 9.17) is 21.3 Å². The number of nitrogens with zero attached hydrogens (tertiary/aromatic N) is 4. The van der Waals surface area contributed by atoms with Crippen LogP contribution in [0.3, 0.4) is 0 Å². The van der Waals surface area contributed by atoms with Crippen LogP contribution >= 0.6 is 23.1 Å². The highest BCUT2D eigenvalue weighted by Gasteiger charge is 2.20. The summed E-state index contributed by atoms with van der Waals surface area (Å²) in [6, 6.07) is 14.9. The summed E-state index contributed by atoms with van der Waals surface area (Å²) in [6.45, 7) is 7.60. The van der Waals surface area contributed by atoms with Crippen molar-refractivity contribution in [2.45, 2.75) is 13.3 Å². The Morgan fingerprint density at radius 1 is 1.09 bits per heavy atom. The molecule has 2 heterocycles. The lowest BCUT2D eigenvalue weighted by molar-refractivity contribution is 0.240. The molecule has 0 saturated carbocycles. The van der Waals surface area contributed by atoms with E-state index in [2.05, 4.69) is 24.8 Å². The SMILES string of the molecule is CCOc1ccc(NC(=O)NCCN2CCN(c3nc(Cc4ccc(Cl)cc4)ns3)CC2)cc1. The maximum Gasteiger partial charge on any atom is 0.319 e. The van der Waals surface area contributed by atoms with Crippen LogP contribution in [0.25, 0.3) is 0 Å². The zero-order valence-electron chi connectivity index (χ0n) is 19.2. The first kappa shape index (κ1) is 24.3. The van der Waals surface area contributed by atoms with Gasteiger partial charge in [0.25, 0.3) is 0 Å². The van der Waals surface area contributed by atoms with Crippen LogP contribution in [0, 0.1) is 0 Å². The number of rotatable bonds is 9. The molecule has 1 aromatic heterocycles. The zero-order chi connectivity index (χ0) is 23.8. The summed E-state index contributed by atoms with van der Waals surface area (Å²) in [7, 11) is 0. The van der Waals surface area contributed by atoms with Gasteiger partial charge >= 0.3 is 6.03 Å². The van der Waals surface area contributed by atoms with E-state index >= 15 is 0 Å². The van der Waals surface area contributed by atoms with E-state index < -0.39 is 0 Å². The number of ether oxygens (including phenoxy) is 1. The number of carbonyl (C=O) groups is 1. The topological polar surface area (TPSA) is 82.6 Å².